The van der Waals surface area contributed by atoms with Crippen molar-refractivity contribution in [2.24, 2.45) is 0 Å². The first-order valence-electron chi connectivity index (χ1n) is 10.1. The lowest BCUT2D eigenvalue weighted by molar-refractivity contribution is 0.0488. The van der Waals surface area contributed by atoms with E-state index in [1.807, 2.05) is 6.92 Å². The number of nitrogens with one attached hydrogen (secondary N) is 1. The average Bonchev–Trinajstić information content (AvgIpc) is 2.71. The molecule has 2 rings (SSSR count). The van der Waals surface area contributed by atoms with Gasteiger partial charge in [-0.15, -0.1) is 0 Å². The van der Waals surface area contributed by atoms with Crippen molar-refractivity contribution < 1.29 is 31.6 Å². The molecule has 8 nitrogen and oxygen atoms in total. The smallest absolute Gasteiger partial charge is 0.407 e. The van der Waals surface area contributed by atoms with Crippen LogP contribution in [0.5, 0.6) is 11.5 Å². The lowest BCUT2D eigenvalue weighted by Gasteiger charge is -2.24. The molecule has 0 aliphatic heterocycles. The van der Waals surface area contributed by atoms with E-state index in [9.17, 15) is 13.2 Å². The molecular formula is C23H31NO7S. The van der Waals surface area contributed by atoms with Gasteiger partial charge >= 0.3 is 6.09 Å². The molecule has 32 heavy (non-hydrogen) atoms. The highest BCUT2D eigenvalue weighted by Crippen LogP contribution is 2.28. The molecule has 0 spiro atoms. The maximum absolute atomic E-state index is 12.6. The number of ether oxygens (including phenoxy) is 3. The van der Waals surface area contributed by atoms with Crippen LogP contribution in [0.3, 0.4) is 0 Å². The van der Waals surface area contributed by atoms with Crippen molar-refractivity contribution in [3.8, 4) is 11.5 Å². The van der Waals surface area contributed by atoms with Gasteiger partial charge in [-0.05, 0) is 63.9 Å². The third kappa shape index (κ3) is 7.72. The Morgan fingerprint density at radius 1 is 1.00 bits per heavy atom. The first-order valence-corrected chi connectivity index (χ1v) is 11.5. The second-order valence-corrected chi connectivity index (χ2v) is 9.90. The Kier molecular flexibility index (Phi) is 8.51. The van der Waals surface area contributed by atoms with Gasteiger partial charge in [0.25, 0.3) is 10.1 Å². The van der Waals surface area contributed by atoms with Gasteiger partial charge < -0.3 is 19.5 Å². The van der Waals surface area contributed by atoms with Crippen molar-refractivity contribution in [3.05, 3.63) is 53.6 Å². The van der Waals surface area contributed by atoms with Crippen LogP contribution >= 0.6 is 0 Å². The highest BCUT2D eigenvalue weighted by molar-refractivity contribution is 7.86. The Morgan fingerprint density at radius 3 is 2.19 bits per heavy atom. The molecule has 0 heterocycles. The summed E-state index contributed by atoms with van der Waals surface area (Å²) in [6.07, 6.45) is -0.387. The molecule has 0 saturated heterocycles. The number of amides is 1. The normalized spacial score (nSPS) is 12.7. The van der Waals surface area contributed by atoms with Gasteiger partial charge in [-0.25, -0.2) is 4.79 Å². The fraction of sp³-hybridized carbons (Fsp3) is 0.435. The van der Waals surface area contributed by atoms with E-state index in [2.05, 4.69) is 5.32 Å². The average molecular weight is 466 g/mol. The Labute approximate surface area is 190 Å². The van der Waals surface area contributed by atoms with Gasteiger partial charge in [-0.3, -0.25) is 4.18 Å². The van der Waals surface area contributed by atoms with E-state index < -0.39 is 27.9 Å². The number of rotatable bonds is 9. The van der Waals surface area contributed by atoms with Crippen LogP contribution in [-0.4, -0.2) is 47.0 Å². The fourth-order valence-electron chi connectivity index (χ4n) is 2.86. The minimum atomic E-state index is -4.00. The van der Waals surface area contributed by atoms with E-state index in [1.165, 1.54) is 26.4 Å². The van der Waals surface area contributed by atoms with Gasteiger partial charge in [0.2, 0.25) is 0 Å². The summed E-state index contributed by atoms with van der Waals surface area (Å²) in [7, 11) is -0.937. The van der Waals surface area contributed by atoms with Crippen molar-refractivity contribution in [2.75, 3.05) is 20.8 Å². The van der Waals surface area contributed by atoms with E-state index in [0.29, 0.717) is 11.5 Å². The summed E-state index contributed by atoms with van der Waals surface area (Å²) in [5, 5.41) is 2.70. The molecule has 176 valence electrons. The Balaban J connectivity index is 2.20. The van der Waals surface area contributed by atoms with Crippen LogP contribution in [0.4, 0.5) is 4.79 Å². The quantitative estimate of drug-likeness (QED) is 0.561. The summed E-state index contributed by atoms with van der Waals surface area (Å²) in [4.78, 5) is 12.4. The molecule has 9 heteroatoms. The molecule has 0 aromatic heterocycles. The van der Waals surface area contributed by atoms with Crippen LogP contribution in [0, 0.1) is 6.92 Å². The van der Waals surface area contributed by atoms with E-state index >= 15 is 0 Å². The van der Waals surface area contributed by atoms with E-state index in [-0.39, 0.29) is 17.9 Å². The van der Waals surface area contributed by atoms with Gasteiger partial charge in [-0.2, -0.15) is 8.42 Å². The summed E-state index contributed by atoms with van der Waals surface area (Å²) in [5.74, 6) is 1.08. The zero-order valence-corrected chi connectivity index (χ0v) is 20.1. The van der Waals surface area contributed by atoms with Crippen LogP contribution in [0.1, 0.15) is 31.9 Å². The molecule has 0 radical (unpaired) electrons. The largest absolute Gasteiger partial charge is 0.493 e. The first kappa shape index (κ1) is 25.5. The molecule has 1 N–H and O–H groups in total. The summed E-state index contributed by atoms with van der Waals surface area (Å²) < 4.78 is 46.3. The van der Waals surface area contributed by atoms with Crippen molar-refractivity contribution >= 4 is 16.2 Å². The first-order chi connectivity index (χ1) is 14.9. The lowest BCUT2D eigenvalue weighted by atomic mass is 10.1. The Hall–Kier alpha value is -2.78. The fourth-order valence-corrected chi connectivity index (χ4v) is 3.81. The van der Waals surface area contributed by atoms with Gasteiger partial charge in [0.05, 0.1) is 31.8 Å². The Morgan fingerprint density at radius 2 is 1.62 bits per heavy atom. The number of benzene rings is 2. The standard InChI is InChI=1S/C23H31NO7S/c1-16-7-10-19(11-8-16)32(26,27)30-15-18(24-22(25)31-23(2,3)4)13-17-9-12-20(28-5)21(14-17)29-6/h7-12,14,18H,13,15H2,1-6H3,(H,24,25). The molecule has 1 amide bonds. The second kappa shape index (κ2) is 10.7. The van der Waals surface area contributed by atoms with E-state index in [0.717, 1.165) is 11.1 Å². The van der Waals surface area contributed by atoms with Crippen LogP contribution in [0.15, 0.2) is 47.4 Å². The topological polar surface area (TPSA) is 100 Å². The molecule has 0 aliphatic carbocycles. The van der Waals surface area contributed by atoms with Crippen molar-refractivity contribution in [1.29, 1.82) is 0 Å². The van der Waals surface area contributed by atoms with Crippen LogP contribution in [0.25, 0.3) is 0 Å². The monoisotopic (exact) mass is 465 g/mol. The number of alkyl carbamates (subject to hydrolysis) is 1. The maximum Gasteiger partial charge on any atom is 0.407 e. The van der Waals surface area contributed by atoms with Gasteiger partial charge in [0.15, 0.2) is 11.5 Å². The number of aryl methyl sites for hydroxylation is 1. The minimum Gasteiger partial charge on any atom is -0.493 e. The third-order valence-electron chi connectivity index (χ3n) is 4.38. The van der Waals surface area contributed by atoms with Crippen molar-refractivity contribution in [2.45, 2.75) is 50.7 Å². The highest BCUT2D eigenvalue weighted by atomic mass is 32.2. The number of carbonyl (C=O) groups is 1. The Bertz CT molecular complexity index is 1010. The second-order valence-electron chi connectivity index (χ2n) is 8.29. The summed E-state index contributed by atoms with van der Waals surface area (Å²) in [5.41, 5.74) is 1.02. The molecule has 0 aliphatic rings. The van der Waals surface area contributed by atoms with Gasteiger partial charge in [-0.1, -0.05) is 23.8 Å². The van der Waals surface area contributed by atoms with E-state index in [4.69, 9.17) is 18.4 Å². The number of hydrogen-bond acceptors (Lipinski definition) is 7. The van der Waals surface area contributed by atoms with E-state index in [1.54, 1.807) is 51.1 Å². The minimum absolute atomic E-state index is 0.0465. The molecule has 1 unspecified atom stereocenters. The molecule has 0 fully saturated rings. The highest BCUT2D eigenvalue weighted by Gasteiger charge is 2.23. The summed E-state index contributed by atoms with van der Waals surface area (Å²) >= 11 is 0. The molecular weight excluding hydrogens is 434 g/mol. The summed E-state index contributed by atoms with van der Waals surface area (Å²) in [6, 6.07) is 11.0. The molecule has 0 saturated carbocycles. The summed E-state index contributed by atoms with van der Waals surface area (Å²) in [6.45, 7) is 6.82. The lowest BCUT2D eigenvalue weighted by Crippen LogP contribution is -2.43. The zero-order chi connectivity index (χ0) is 23.9. The predicted octanol–water partition coefficient (Wildman–Crippen LogP) is 3.85. The predicted molar refractivity (Wildman–Crippen MR) is 121 cm³/mol. The van der Waals surface area contributed by atoms with Gasteiger partial charge in [0.1, 0.15) is 5.60 Å². The van der Waals surface area contributed by atoms with Crippen LogP contribution in [-0.2, 0) is 25.5 Å². The molecule has 2 aromatic carbocycles. The zero-order valence-electron chi connectivity index (χ0n) is 19.3. The van der Waals surface area contributed by atoms with Gasteiger partial charge in [0, 0.05) is 0 Å². The van der Waals surface area contributed by atoms with Crippen molar-refractivity contribution in [3.63, 3.8) is 0 Å². The van der Waals surface area contributed by atoms with Crippen LogP contribution in [0.2, 0.25) is 0 Å². The number of carbonyl (C=O) groups excluding carboxylic acids is 1. The van der Waals surface area contributed by atoms with Crippen LogP contribution < -0.4 is 14.8 Å². The molecule has 0 bridgehead atoms. The molecule has 1 atom stereocenters. The maximum atomic E-state index is 12.6. The number of hydrogen-bond donors (Lipinski definition) is 1. The number of methoxy groups -OCH3 is 2. The molecule has 2 aromatic rings. The third-order valence-corrected chi connectivity index (χ3v) is 5.68. The van der Waals surface area contributed by atoms with Crippen molar-refractivity contribution in [1.82, 2.24) is 5.32 Å². The SMILES string of the molecule is COc1ccc(CC(COS(=O)(=O)c2ccc(C)cc2)NC(=O)OC(C)(C)C)cc1OC.